The molecule has 0 saturated carbocycles. The lowest BCUT2D eigenvalue weighted by molar-refractivity contribution is -0.134. The molecule has 0 bridgehead atoms. The Kier molecular flexibility index (Phi) is 4.08. The van der Waals surface area contributed by atoms with Crippen molar-refractivity contribution in [3.05, 3.63) is 0 Å². The standard InChI is InChI=1S/C11H21NO2/c1-3-11(2,8-12)10(13)9-4-6-14-7-5-9/h9H,3-8,12H2,1-2H3. The Morgan fingerprint density at radius 3 is 2.50 bits per heavy atom. The number of hydrogen-bond donors (Lipinski definition) is 1. The topological polar surface area (TPSA) is 52.3 Å². The Labute approximate surface area is 86.0 Å². The first-order chi connectivity index (χ1) is 6.64. The van der Waals surface area contributed by atoms with Gasteiger partial charge in [-0.15, -0.1) is 0 Å². The van der Waals surface area contributed by atoms with E-state index in [1.165, 1.54) is 0 Å². The van der Waals surface area contributed by atoms with Gasteiger partial charge in [0.15, 0.2) is 0 Å². The van der Waals surface area contributed by atoms with Crippen molar-refractivity contribution in [2.24, 2.45) is 17.1 Å². The number of nitrogens with two attached hydrogens (primary N) is 1. The van der Waals surface area contributed by atoms with E-state index >= 15 is 0 Å². The predicted octanol–water partition coefficient (Wildman–Crippen LogP) is 1.36. The molecule has 14 heavy (non-hydrogen) atoms. The van der Waals surface area contributed by atoms with E-state index in [4.69, 9.17) is 10.5 Å². The zero-order valence-electron chi connectivity index (χ0n) is 9.21. The molecule has 1 rings (SSSR count). The van der Waals surface area contributed by atoms with Crippen molar-refractivity contribution in [2.75, 3.05) is 19.8 Å². The smallest absolute Gasteiger partial charge is 0.143 e. The Bertz CT molecular complexity index is 193. The number of ketones is 1. The minimum Gasteiger partial charge on any atom is -0.381 e. The summed E-state index contributed by atoms with van der Waals surface area (Å²) in [6.45, 7) is 5.91. The van der Waals surface area contributed by atoms with E-state index in [1.54, 1.807) is 0 Å². The van der Waals surface area contributed by atoms with Gasteiger partial charge in [0.05, 0.1) is 0 Å². The largest absolute Gasteiger partial charge is 0.381 e. The number of hydrogen-bond acceptors (Lipinski definition) is 3. The van der Waals surface area contributed by atoms with Crippen molar-refractivity contribution < 1.29 is 9.53 Å². The van der Waals surface area contributed by atoms with Crippen molar-refractivity contribution in [1.82, 2.24) is 0 Å². The molecule has 1 heterocycles. The lowest BCUT2D eigenvalue weighted by atomic mass is 9.75. The lowest BCUT2D eigenvalue weighted by Crippen LogP contribution is -2.41. The highest BCUT2D eigenvalue weighted by atomic mass is 16.5. The number of rotatable bonds is 4. The van der Waals surface area contributed by atoms with E-state index in [0.29, 0.717) is 12.3 Å². The summed E-state index contributed by atoms with van der Waals surface area (Å²) in [5.74, 6) is 0.517. The molecule has 82 valence electrons. The van der Waals surface area contributed by atoms with Gasteiger partial charge in [-0.1, -0.05) is 13.8 Å². The maximum absolute atomic E-state index is 12.1. The minimum absolute atomic E-state index is 0.178. The van der Waals surface area contributed by atoms with Gasteiger partial charge in [0.2, 0.25) is 0 Å². The quantitative estimate of drug-likeness (QED) is 0.743. The first-order valence-electron chi connectivity index (χ1n) is 5.46. The fourth-order valence-electron chi connectivity index (χ4n) is 1.87. The van der Waals surface area contributed by atoms with Gasteiger partial charge in [0, 0.05) is 31.1 Å². The van der Waals surface area contributed by atoms with Crippen LogP contribution in [0.1, 0.15) is 33.1 Å². The highest BCUT2D eigenvalue weighted by Gasteiger charge is 2.35. The van der Waals surface area contributed by atoms with Crippen LogP contribution in [0.5, 0.6) is 0 Å². The van der Waals surface area contributed by atoms with Crippen LogP contribution in [-0.4, -0.2) is 25.5 Å². The molecule has 3 heteroatoms. The van der Waals surface area contributed by atoms with E-state index in [0.717, 1.165) is 32.5 Å². The Morgan fingerprint density at radius 2 is 2.07 bits per heavy atom. The molecule has 1 fully saturated rings. The van der Waals surface area contributed by atoms with Gasteiger partial charge in [-0.05, 0) is 19.3 Å². The highest BCUT2D eigenvalue weighted by molar-refractivity contribution is 5.87. The van der Waals surface area contributed by atoms with E-state index in [9.17, 15) is 4.79 Å². The van der Waals surface area contributed by atoms with Gasteiger partial charge in [0.25, 0.3) is 0 Å². The minimum atomic E-state index is -0.317. The van der Waals surface area contributed by atoms with E-state index in [1.807, 2.05) is 13.8 Å². The second-order valence-electron chi connectivity index (χ2n) is 4.37. The van der Waals surface area contributed by atoms with E-state index < -0.39 is 0 Å². The number of carbonyl (C=O) groups excluding carboxylic acids is 1. The molecule has 0 spiro atoms. The maximum Gasteiger partial charge on any atom is 0.143 e. The summed E-state index contributed by atoms with van der Waals surface area (Å²) in [7, 11) is 0. The first kappa shape index (κ1) is 11.7. The molecule has 1 atom stereocenters. The van der Waals surface area contributed by atoms with Gasteiger partial charge in [-0.2, -0.15) is 0 Å². The Morgan fingerprint density at radius 1 is 1.50 bits per heavy atom. The van der Waals surface area contributed by atoms with E-state index in [-0.39, 0.29) is 11.3 Å². The van der Waals surface area contributed by atoms with Gasteiger partial charge in [-0.3, -0.25) is 4.79 Å². The predicted molar refractivity (Wildman–Crippen MR) is 56.0 cm³/mol. The molecular formula is C11H21NO2. The van der Waals surface area contributed by atoms with Crippen molar-refractivity contribution in [3.8, 4) is 0 Å². The summed E-state index contributed by atoms with van der Waals surface area (Å²) in [6, 6.07) is 0. The fourth-order valence-corrected chi connectivity index (χ4v) is 1.87. The van der Waals surface area contributed by atoms with Gasteiger partial charge >= 0.3 is 0 Å². The first-order valence-corrected chi connectivity index (χ1v) is 5.46. The van der Waals surface area contributed by atoms with Crippen LogP contribution in [0.2, 0.25) is 0 Å². The molecule has 1 saturated heterocycles. The third-order valence-electron chi connectivity index (χ3n) is 3.42. The van der Waals surface area contributed by atoms with Crippen LogP contribution in [-0.2, 0) is 9.53 Å². The molecule has 0 aromatic heterocycles. The molecule has 0 aliphatic carbocycles. The molecule has 0 radical (unpaired) electrons. The summed E-state index contributed by atoms with van der Waals surface area (Å²) in [4.78, 5) is 12.1. The molecule has 1 aliphatic rings. The average molecular weight is 199 g/mol. The van der Waals surface area contributed by atoms with Crippen LogP contribution >= 0.6 is 0 Å². The lowest BCUT2D eigenvalue weighted by Gasteiger charge is -2.31. The second kappa shape index (κ2) is 4.89. The third-order valence-corrected chi connectivity index (χ3v) is 3.42. The number of ether oxygens (including phenoxy) is 1. The van der Waals surface area contributed by atoms with Gasteiger partial charge < -0.3 is 10.5 Å². The maximum atomic E-state index is 12.1. The van der Waals surface area contributed by atoms with Gasteiger partial charge in [0.1, 0.15) is 5.78 Å². The summed E-state index contributed by atoms with van der Waals surface area (Å²) < 4.78 is 5.25. The van der Waals surface area contributed by atoms with Crippen LogP contribution in [0.3, 0.4) is 0 Å². The van der Waals surface area contributed by atoms with Crippen LogP contribution in [0.4, 0.5) is 0 Å². The third kappa shape index (κ3) is 2.34. The van der Waals surface area contributed by atoms with Crippen molar-refractivity contribution >= 4 is 5.78 Å². The Balaban J connectivity index is 2.61. The number of carbonyl (C=O) groups is 1. The monoisotopic (exact) mass is 199 g/mol. The summed E-state index contributed by atoms with van der Waals surface area (Å²) in [5, 5.41) is 0. The molecule has 1 aliphatic heterocycles. The van der Waals surface area contributed by atoms with Crippen LogP contribution in [0, 0.1) is 11.3 Å². The molecule has 0 amide bonds. The molecule has 0 aromatic rings. The highest BCUT2D eigenvalue weighted by Crippen LogP contribution is 2.29. The van der Waals surface area contributed by atoms with E-state index in [2.05, 4.69) is 0 Å². The summed E-state index contributed by atoms with van der Waals surface area (Å²) in [5.41, 5.74) is 5.36. The van der Waals surface area contributed by atoms with Crippen molar-refractivity contribution in [2.45, 2.75) is 33.1 Å². The summed E-state index contributed by atoms with van der Waals surface area (Å²) >= 11 is 0. The average Bonchev–Trinajstić information content (AvgIpc) is 2.28. The fraction of sp³-hybridized carbons (Fsp3) is 0.909. The van der Waals surface area contributed by atoms with Gasteiger partial charge in [-0.25, -0.2) is 0 Å². The number of Topliss-reactive ketones (excluding diaryl/α,β-unsaturated/α-hetero) is 1. The summed E-state index contributed by atoms with van der Waals surface area (Å²) in [6.07, 6.45) is 2.57. The van der Waals surface area contributed by atoms with Crippen LogP contribution in [0.25, 0.3) is 0 Å². The van der Waals surface area contributed by atoms with Crippen molar-refractivity contribution in [3.63, 3.8) is 0 Å². The molecule has 1 unspecified atom stereocenters. The van der Waals surface area contributed by atoms with Crippen molar-refractivity contribution in [1.29, 1.82) is 0 Å². The molecule has 2 N–H and O–H groups in total. The SMILES string of the molecule is CCC(C)(CN)C(=O)C1CCOCC1. The second-order valence-corrected chi connectivity index (χ2v) is 4.37. The zero-order chi connectivity index (χ0) is 10.6. The molecular weight excluding hydrogens is 178 g/mol. The van der Waals surface area contributed by atoms with Crippen LogP contribution < -0.4 is 5.73 Å². The normalized spacial score (nSPS) is 23.1. The van der Waals surface area contributed by atoms with Crippen LogP contribution in [0.15, 0.2) is 0 Å². The molecule has 3 nitrogen and oxygen atoms in total. The Hall–Kier alpha value is -0.410. The zero-order valence-corrected chi connectivity index (χ0v) is 9.21. The molecule has 0 aromatic carbocycles.